The van der Waals surface area contributed by atoms with Crippen LogP contribution < -0.4 is 5.46 Å². The van der Waals surface area contributed by atoms with Crippen LogP contribution in [0, 0.1) is 6.92 Å². The maximum absolute atomic E-state index is 12.1. The molecule has 1 rings (SSSR count). The van der Waals surface area contributed by atoms with Crippen LogP contribution in [0.5, 0.6) is 0 Å². The van der Waals surface area contributed by atoms with Gasteiger partial charge in [-0.05, 0) is 6.92 Å². The lowest BCUT2D eigenvalue weighted by atomic mass is 9.81. The molecule has 0 radical (unpaired) electrons. The highest BCUT2D eigenvalue weighted by molar-refractivity contribution is 6.73. The highest BCUT2D eigenvalue weighted by atomic mass is 19.4. The summed E-state index contributed by atoms with van der Waals surface area (Å²) >= 11 is 0. The van der Waals surface area contributed by atoms with Crippen molar-refractivity contribution in [1.82, 2.24) is 9.78 Å². The molecule has 1 aromatic rings. The molecule has 0 amide bonds. The smallest absolute Gasteiger partial charge is 0.445 e. The van der Waals surface area contributed by atoms with Crippen LogP contribution in [0.25, 0.3) is 0 Å². The molecule has 62 valence electrons. The number of aryl methyl sites for hydroxylation is 1. The van der Waals surface area contributed by atoms with Crippen molar-refractivity contribution in [1.29, 1.82) is 0 Å². The summed E-state index contributed by atoms with van der Waals surface area (Å²) in [7, 11) is 1.49. The molecule has 0 aromatic carbocycles. The molecular formula is C5H7BF3N2-. The van der Waals surface area contributed by atoms with Crippen molar-refractivity contribution in [2.75, 3.05) is 0 Å². The first-order valence-electron chi connectivity index (χ1n) is 3.11. The second kappa shape index (κ2) is 2.28. The molecule has 1 heterocycles. The Morgan fingerprint density at radius 2 is 2.00 bits per heavy atom. The minimum absolute atomic E-state index is 0.164. The van der Waals surface area contributed by atoms with Gasteiger partial charge in [0.25, 0.3) is 0 Å². The first-order chi connectivity index (χ1) is 4.93. The molecule has 2 nitrogen and oxygen atoms in total. The molecule has 6 heteroatoms. The zero-order chi connectivity index (χ0) is 8.65. The lowest BCUT2D eigenvalue weighted by molar-refractivity contribution is 0.500. The zero-order valence-electron chi connectivity index (χ0n) is 6.18. The maximum atomic E-state index is 12.1. The van der Waals surface area contributed by atoms with Gasteiger partial charge in [-0.25, -0.2) is 0 Å². The van der Waals surface area contributed by atoms with E-state index in [1.807, 2.05) is 0 Å². The van der Waals surface area contributed by atoms with Gasteiger partial charge in [-0.2, -0.15) is 5.10 Å². The molecule has 1 aromatic heterocycles. The van der Waals surface area contributed by atoms with Gasteiger partial charge in [-0.3, -0.25) is 4.68 Å². The lowest BCUT2D eigenvalue weighted by Gasteiger charge is -2.12. The van der Waals surface area contributed by atoms with E-state index in [9.17, 15) is 12.9 Å². The molecule has 0 aliphatic carbocycles. The van der Waals surface area contributed by atoms with E-state index < -0.39 is 12.4 Å². The Morgan fingerprint density at radius 1 is 1.45 bits per heavy atom. The fraction of sp³-hybridized carbons (Fsp3) is 0.400. The number of hydrogen-bond acceptors (Lipinski definition) is 1. The topological polar surface area (TPSA) is 17.8 Å². The quantitative estimate of drug-likeness (QED) is 0.559. The van der Waals surface area contributed by atoms with Crippen molar-refractivity contribution >= 4 is 12.4 Å². The SMILES string of the molecule is Cc1c([B-](F)(F)F)cnn1C. The Hall–Kier alpha value is -0.935. The second-order valence-corrected chi connectivity index (χ2v) is 2.38. The number of nitrogens with zero attached hydrogens (tertiary/aromatic N) is 2. The van der Waals surface area contributed by atoms with Crippen LogP contribution in [0.2, 0.25) is 0 Å². The van der Waals surface area contributed by atoms with E-state index in [4.69, 9.17) is 0 Å². The van der Waals surface area contributed by atoms with Crippen LogP contribution in [0.15, 0.2) is 6.20 Å². The van der Waals surface area contributed by atoms with Gasteiger partial charge in [0.1, 0.15) is 0 Å². The number of aromatic nitrogens is 2. The average Bonchev–Trinajstić information content (AvgIpc) is 2.11. The van der Waals surface area contributed by atoms with Crippen molar-refractivity contribution in [2.24, 2.45) is 7.05 Å². The van der Waals surface area contributed by atoms with Crippen LogP contribution in [-0.2, 0) is 7.05 Å². The molecule has 0 atom stereocenters. The van der Waals surface area contributed by atoms with E-state index in [2.05, 4.69) is 5.10 Å². The summed E-state index contributed by atoms with van der Waals surface area (Å²) in [5.74, 6) is 0. The van der Waals surface area contributed by atoms with Gasteiger partial charge in [-0.1, -0.05) is 5.46 Å². The van der Waals surface area contributed by atoms with Gasteiger partial charge in [-0.15, -0.1) is 0 Å². The lowest BCUT2D eigenvalue weighted by Crippen LogP contribution is -2.35. The molecule has 0 fully saturated rings. The van der Waals surface area contributed by atoms with Gasteiger partial charge in [0.15, 0.2) is 0 Å². The Kier molecular flexibility index (Phi) is 1.70. The minimum Gasteiger partial charge on any atom is -0.445 e. The van der Waals surface area contributed by atoms with E-state index in [1.54, 1.807) is 0 Å². The molecule has 0 bridgehead atoms. The van der Waals surface area contributed by atoms with Gasteiger partial charge in [0.05, 0.1) is 0 Å². The van der Waals surface area contributed by atoms with Crippen molar-refractivity contribution in [3.05, 3.63) is 11.9 Å². The highest BCUT2D eigenvalue weighted by Crippen LogP contribution is 2.10. The van der Waals surface area contributed by atoms with Crippen molar-refractivity contribution < 1.29 is 12.9 Å². The third-order valence-electron chi connectivity index (χ3n) is 1.63. The molecule has 11 heavy (non-hydrogen) atoms. The maximum Gasteiger partial charge on any atom is 0.512 e. The third-order valence-corrected chi connectivity index (χ3v) is 1.63. The van der Waals surface area contributed by atoms with E-state index in [1.165, 1.54) is 18.7 Å². The van der Waals surface area contributed by atoms with Gasteiger partial charge >= 0.3 is 6.98 Å². The monoisotopic (exact) mass is 163 g/mol. The fourth-order valence-electron chi connectivity index (χ4n) is 0.837. The van der Waals surface area contributed by atoms with Crippen molar-refractivity contribution in [3.63, 3.8) is 0 Å². The molecule has 0 spiro atoms. The summed E-state index contributed by atoms with van der Waals surface area (Å²) in [6.45, 7) is -3.49. The summed E-state index contributed by atoms with van der Waals surface area (Å²) in [6.07, 6.45) is 0.856. The van der Waals surface area contributed by atoms with E-state index >= 15 is 0 Å². The molecule has 0 saturated carbocycles. The fourth-order valence-corrected chi connectivity index (χ4v) is 0.837. The van der Waals surface area contributed by atoms with Crippen molar-refractivity contribution in [3.8, 4) is 0 Å². The predicted molar refractivity (Wildman–Crippen MR) is 36.7 cm³/mol. The Morgan fingerprint density at radius 3 is 2.18 bits per heavy atom. The summed E-state index contributed by atoms with van der Waals surface area (Å²) in [4.78, 5) is 0. The van der Waals surface area contributed by atoms with Gasteiger partial charge < -0.3 is 12.9 Å². The van der Waals surface area contributed by atoms with E-state index in [0.717, 1.165) is 6.20 Å². The number of rotatable bonds is 1. The first-order valence-corrected chi connectivity index (χ1v) is 3.11. The summed E-state index contributed by atoms with van der Waals surface area (Å²) in [5, 5.41) is 3.49. The molecule has 0 N–H and O–H groups in total. The molecule has 0 unspecified atom stereocenters. The van der Waals surface area contributed by atoms with Crippen molar-refractivity contribution in [2.45, 2.75) is 6.92 Å². The summed E-state index contributed by atoms with van der Waals surface area (Å²) < 4.78 is 37.4. The normalized spacial score (nSPS) is 12.1. The second-order valence-electron chi connectivity index (χ2n) is 2.38. The van der Waals surface area contributed by atoms with Crippen LogP contribution in [0.4, 0.5) is 12.9 Å². The van der Waals surface area contributed by atoms with Crippen LogP contribution in [0.3, 0.4) is 0 Å². The molecular weight excluding hydrogens is 156 g/mol. The average molecular weight is 163 g/mol. The highest BCUT2D eigenvalue weighted by Gasteiger charge is 2.29. The zero-order valence-corrected chi connectivity index (χ0v) is 6.18. The first kappa shape index (κ1) is 8.16. The van der Waals surface area contributed by atoms with E-state index in [0.29, 0.717) is 0 Å². The Labute approximate surface area is 62.1 Å². The largest absolute Gasteiger partial charge is 0.512 e. The van der Waals surface area contributed by atoms with Crippen LogP contribution in [-0.4, -0.2) is 16.8 Å². The molecule has 0 aliphatic heterocycles. The van der Waals surface area contributed by atoms with Crippen LogP contribution >= 0.6 is 0 Å². The minimum atomic E-state index is -4.89. The Balaban J connectivity index is 3.15. The van der Waals surface area contributed by atoms with Crippen LogP contribution in [0.1, 0.15) is 5.69 Å². The van der Waals surface area contributed by atoms with Gasteiger partial charge in [0.2, 0.25) is 0 Å². The third kappa shape index (κ3) is 1.39. The predicted octanol–water partition coefficient (Wildman–Crippen LogP) is 0.783. The Bertz CT molecular complexity index is 265. The van der Waals surface area contributed by atoms with Gasteiger partial charge in [0, 0.05) is 18.9 Å². The standard InChI is InChI=1S/C5H7BF3N2/c1-4-5(6(7,8)9)3-10-11(4)2/h3H,1-2H3/q-1. The summed E-state index contributed by atoms with van der Waals surface area (Å²) in [5.41, 5.74) is -0.440. The molecule has 0 aliphatic rings. The summed E-state index contributed by atoms with van der Waals surface area (Å²) in [6, 6.07) is 0. The number of hydrogen-bond donors (Lipinski definition) is 0. The number of halogens is 3. The van der Waals surface area contributed by atoms with E-state index in [-0.39, 0.29) is 5.69 Å². The molecule has 0 saturated heterocycles.